The van der Waals surface area contributed by atoms with E-state index < -0.39 is 0 Å². The number of methoxy groups -OCH3 is 2. The molecule has 21 heavy (non-hydrogen) atoms. The lowest BCUT2D eigenvalue weighted by molar-refractivity contribution is 0.397. The number of hydrogen-bond donors (Lipinski definition) is 0. The average molecular weight is 479 g/mol. The summed E-state index contributed by atoms with van der Waals surface area (Å²) in [4.78, 5) is 0.0289. The Bertz CT molecular complexity index is 656. The van der Waals surface area contributed by atoms with Crippen LogP contribution in [0.2, 0.25) is 0 Å². The van der Waals surface area contributed by atoms with Gasteiger partial charge in [0, 0.05) is 10.0 Å². The van der Waals surface area contributed by atoms with Gasteiger partial charge in [-0.15, -0.1) is 0 Å². The number of hydrogen-bond acceptors (Lipinski definition) is 2. The Kier molecular flexibility index (Phi) is 5.74. The van der Waals surface area contributed by atoms with Crippen LogP contribution in [0.4, 0.5) is 0 Å². The number of ether oxygens (including phenoxy) is 2. The molecule has 0 aliphatic carbocycles. The Labute approximate surface area is 150 Å². The fourth-order valence-corrected chi connectivity index (χ4v) is 3.46. The maximum Gasteiger partial charge on any atom is 0.133 e. The molecule has 0 aliphatic rings. The fourth-order valence-electron chi connectivity index (χ4n) is 2.09. The molecular formula is C16H15Br3O2. The molecule has 2 aromatic carbocycles. The number of aryl methyl sites for hydroxylation is 1. The summed E-state index contributed by atoms with van der Waals surface area (Å²) >= 11 is 10.8. The Hall–Kier alpha value is -0.520. The van der Waals surface area contributed by atoms with E-state index in [1.807, 2.05) is 12.1 Å². The first kappa shape index (κ1) is 16.8. The van der Waals surface area contributed by atoms with Crippen molar-refractivity contribution in [3.63, 3.8) is 0 Å². The molecule has 0 saturated heterocycles. The average Bonchev–Trinajstić information content (AvgIpc) is 2.49. The SMILES string of the molecule is COc1cc(C(Br)c2ccc(Br)c(C)c2)c(OC)cc1Br. The minimum Gasteiger partial charge on any atom is -0.496 e. The van der Waals surface area contributed by atoms with Crippen LogP contribution < -0.4 is 9.47 Å². The van der Waals surface area contributed by atoms with Crippen molar-refractivity contribution in [2.45, 2.75) is 11.8 Å². The summed E-state index contributed by atoms with van der Waals surface area (Å²) in [6, 6.07) is 10.2. The van der Waals surface area contributed by atoms with Crippen molar-refractivity contribution in [1.82, 2.24) is 0 Å². The monoisotopic (exact) mass is 476 g/mol. The minimum atomic E-state index is 0.0289. The third-order valence-electron chi connectivity index (χ3n) is 3.25. The van der Waals surface area contributed by atoms with E-state index in [0.717, 1.165) is 26.0 Å². The molecule has 0 bridgehead atoms. The molecule has 1 unspecified atom stereocenters. The van der Waals surface area contributed by atoms with E-state index in [9.17, 15) is 0 Å². The first-order valence-corrected chi connectivity index (χ1v) is 8.79. The summed E-state index contributed by atoms with van der Waals surface area (Å²) in [5.41, 5.74) is 3.39. The van der Waals surface area contributed by atoms with Gasteiger partial charge >= 0.3 is 0 Å². The van der Waals surface area contributed by atoms with E-state index >= 15 is 0 Å². The van der Waals surface area contributed by atoms with Crippen LogP contribution in [-0.4, -0.2) is 14.2 Å². The van der Waals surface area contributed by atoms with Crippen molar-refractivity contribution in [2.75, 3.05) is 14.2 Å². The smallest absolute Gasteiger partial charge is 0.133 e. The Morgan fingerprint density at radius 3 is 2.14 bits per heavy atom. The lowest BCUT2D eigenvalue weighted by Gasteiger charge is -2.17. The highest BCUT2D eigenvalue weighted by Gasteiger charge is 2.18. The van der Waals surface area contributed by atoms with Crippen LogP contribution in [0.15, 0.2) is 39.3 Å². The van der Waals surface area contributed by atoms with E-state index in [0.29, 0.717) is 0 Å². The Morgan fingerprint density at radius 1 is 0.905 bits per heavy atom. The molecule has 2 aromatic rings. The van der Waals surface area contributed by atoms with E-state index in [2.05, 4.69) is 72.9 Å². The van der Waals surface area contributed by atoms with Crippen LogP contribution in [0.3, 0.4) is 0 Å². The van der Waals surface area contributed by atoms with Gasteiger partial charge in [0.05, 0.1) is 23.5 Å². The van der Waals surface area contributed by atoms with Crippen LogP contribution in [0.25, 0.3) is 0 Å². The predicted molar refractivity (Wildman–Crippen MR) is 96.9 cm³/mol. The summed E-state index contributed by atoms with van der Waals surface area (Å²) in [7, 11) is 3.33. The summed E-state index contributed by atoms with van der Waals surface area (Å²) in [6.07, 6.45) is 0. The third kappa shape index (κ3) is 3.63. The van der Waals surface area contributed by atoms with Crippen molar-refractivity contribution >= 4 is 47.8 Å². The molecule has 0 aromatic heterocycles. The van der Waals surface area contributed by atoms with Crippen molar-refractivity contribution < 1.29 is 9.47 Å². The molecule has 1 atom stereocenters. The lowest BCUT2D eigenvalue weighted by Crippen LogP contribution is -1.99. The number of benzene rings is 2. The highest BCUT2D eigenvalue weighted by molar-refractivity contribution is 9.11. The van der Waals surface area contributed by atoms with Crippen molar-refractivity contribution in [1.29, 1.82) is 0 Å². The highest BCUT2D eigenvalue weighted by atomic mass is 79.9. The second-order valence-electron chi connectivity index (χ2n) is 4.60. The van der Waals surface area contributed by atoms with Gasteiger partial charge in [-0.2, -0.15) is 0 Å². The fraction of sp³-hybridized carbons (Fsp3) is 0.250. The van der Waals surface area contributed by atoms with Crippen LogP contribution in [-0.2, 0) is 0 Å². The standard InChI is InChI=1S/C16H15Br3O2/c1-9-6-10(4-5-12(9)17)16(19)11-7-15(21-3)13(18)8-14(11)20-2/h4-8,16H,1-3H3. The van der Waals surface area contributed by atoms with Gasteiger partial charge in [-0.25, -0.2) is 0 Å². The number of halogens is 3. The molecule has 5 heteroatoms. The van der Waals surface area contributed by atoms with Gasteiger partial charge in [0.2, 0.25) is 0 Å². The van der Waals surface area contributed by atoms with E-state index in [-0.39, 0.29) is 4.83 Å². The second kappa shape index (κ2) is 7.16. The second-order valence-corrected chi connectivity index (χ2v) is 7.22. The molecule has 0 saturated carbocycles. The third-order valence-corrected chi connectivity index (χ3v) is 5.78. The van der Waals surface area contributed by atoms with Gasteiger partial charge in [-0.3, -0.25) is 0 Å². The molecule has 0 aliphatic heterocycles. The summed E-state index contributed by atoms with van der Waals surface area (Å²) < 4.78 is 12.9. The van der Waals surface area contributed by atoms with Crippen LogP contribution >= 0.6 is 47.8 Å². The van der Waals surface area contributed by atoms with Crippen LogP contribution in [0.5, 0.6) is 11.5 Å². The van der Waals surface area contributed by atoms with Gasteiger partial charge in [-0.05, 0) is 52.2 Å². The number of rotatable bonds is 4. The summed E-state index contributed by atoms with van der Waals surface area (Å²) in [5.74, 6) is 1.59. The zero-order chi connectivity index (χ0) is 15.6. The van der Waals surface area contributed by atoms with Gasteiger partial charge in [0.15, 0.2) is 0 Å². The normalized spacial score (nSPS) is 12.1. The van der Waals surface area contributed by atoms with Crippen LogP contribution in [0, 0.1) is 6.92 Å². The van der Waals surface area contributed by atoms with Gasteiger partial charge in [0.25, 0.3) is 0 Å². The molecule has 112 valence electrons. The summed E-state index contributed by atoms with van der Waals surface area (Å²) in [6.45, 7) is 2.08. The molecule has 0 radical (unpaired) electrons. The van der Waals surface area contributed by atoms with E-state index in [1.165, 1.54) is 11.1 Å². The molecular weight excluding hydrogens is 464 g/mol. The molecule has 0 amide bonds. The highest BCUT2D eigenvalue weighted by Crippen LogP contribution is 2.42. The van der Waals surface area contributed by atoms with E-state index in [1.54, 1.807) is 14.2 Å². The van der Waals surface area contributed by atoms with Gasteiger partial charge in [-0.1, -0.05) is 44.0 Å². The Morgan fingerprint density at radius 2 is 1.57 bits per heavy atom. The van der Waals surface area contributed by atoms with Crippen molar-refractivity contribution in [3.05, 3.63) is 56.0 Å². The molecule has 0 N–H and O–H groups in total. The first-order chi connectivity index (χ1) is 9.97. The van der Waals surface area contributed by atoms with Gasteiger partial charge < -0.3 is 9.47 Å². The molecule has 0 heterocycles. The number of alkyl halides is 1. The minimum absolute atomic E-state index is 0.0289. The quantitative estimate of drug-likeness (QED) is 0.500. The largest absolute Gasteiger partial charge is 0.496 e. The van der Waals surface area contributed by atoms with Crippen molar-refractivity contribution in [2.24, 2.45) is 0 Å². The van der Waals surface area contributed by atoms with E-state index in [4.69, 9.17) is 9.47 Å². The molecule has 2 rings (SSSR count). The topological polar surface area (TPSA) is 18.5 Å². The molecule has 2 nitrogen and oxygen atoms in total. The summed E-state index contributed by atoms with van der Waals surface area (Å²) in [5, 5.41) is 0. The zero-order valence-electron chi connectivity index (χ0n) is 11.9. The molecule has 0 fully saturated rings. The maximum absolute atomic E-state index is 5.50. The Balaban J connectivity index is 2.50. The maximum atomic E-state index is 5.50. The molecule has 0 spiro atoms. The van der Waals surface area contributed by atoms with Gasteiger partial charge in [0.1, 0.15) is 11.5 Å². The van der Waals surface area contributed by atoms with Crippen molar-refractivity contribution in [3.8, 4) is 11.5 Å². The predicted octanol–water partition coefficient (Wildman–Crippen LogP) is 6.02. The zero-order valence-corrected chi connectivity index (χ0v) is 16.7. The van der Waals surface area contributed by atoms with Crippen LogP contribution in [0.1, 0.15) is 21.5 Å². The lowest BCUT2D eigenvalue weighted by atomic mass is 10.0. The first-order valence-electron chi connectivity index (χ1n) is 6.29.